The van der Waals surface area contributed by atoms with Crippen LogP contribution < -0.4 is 10.2 Å². The summed E-state index contributed by atoms with van der Waals surface area (Å²) in [5.74, 6) is -0.377. The normalized spacial score (nSPS) is 21.4. The van der Waals surface area contributed by atoms with E-state index in [-0.39, 0.29) is 23.7 Å². The number of amides is 2. The van der Waals surface area contributed by atoms with Gasteiger partial charge in [-0.15, -0.1) is 0 Å². The highest BCUT2D eigenvalue weighted by Gasteiger charge is 2.49. The second-order valence-electron chi connectivity index (χ2n) is 7.55. The number of carbonyl (C=O) groups is 2. The minimum absolute atomic E-state index is 0.0771. The number of hydrogen-bond donors (Lipinski definition) is 1. The number of nitrogens with zero attached hydrogens (tertiary/aromatic N) is 2. The Balaban J connectivity index is 1.29. The molecule has 1 heterocycles. The third-order valence-corrected chi connectivity index (χ3v) is 5.84. The number of benzene rings is 2. The molecule has 1 aliphatic carbocycles. The van der Waals surface area contributed by atoms with Gasteiger partial charge in [0.25, 0.3) is 0 Å². The van der Waals surface area contributed by atoms with Gasteiger partial charge in [-0.3, -0.25) is 9.59 Å². The summed E-state index contributed by atoms with van der Waals surface area (Å²) in [6, 6.07) is 15.6. The zero-order chi connectivity index (χ0) is 19.7. The standard InChI is InChI=1S/C22H24ClN3O2/c1-15-13-16(23)7-8-20(15)24-21(27)18-14-19(18)22(28)26-11-9-25(10-12-26)17-5-3-2-4-6-17/h2-8,13,18-19H,9-12,14H2,1H3,(H,24,27). The van der Waals surface area contributed by atoms with Crippen molar-refractivity contribution in [3.8, 4) is 0 Å². The molecule has 2 amide bonds. The number of para-hydroxylation sites is 1. The molecule has 2 aromatic carbocycles. The lowest BCUT2D eigenvalue weighted by Crippen LogP contribution is -2.49. The van der Waals surface area contributed by atoms with Gasteiger partial charge < -0.3 is 15.1 Å². The van der Waals surface area contributed by atoms with Gasteiger partial charge in [0, 0.05) is 42.6 Å². The monoisotopic (exact) mass is 397 g/mol. The Hall–Kier alpha value is -2.53. The Morgan fingerprint density at radius 1 is 1.00 bits per heavy atom. The van der Waals surface area contributed by atoms with Gasteiger partial charge in [0.1, 0.15) is 0 Å². The molecule has 146 valence electrons. The zero-order valence-electron chi connectivity index (χ0n) is 15.9. The molecule has 2 atom stereocenters. The van der Waals surface area contributed by atoms with E-state index in [1.807, 2.05) is 36.1 Å². The summed E-state index contributed by atoms with van der Waals surface area (Å²) in [5.41, 5.74) is 2.86. The molecule has 2 aromatic rings. The van der Waals surface area contributed by atoms with Crippen LogP contribution in [0, 0.1) is 18.8 Å². The van der Waals surface area contributed by atoms with Crippen molar-refractivity contribution >= 4 is 34.8 Å². The molecule has 5 nitrogen and oxygen atoms in total. The van der Waals surface area contributed by atoms with Crippen LogP contribution in [0.1, 0.15) is 12.0 Å². The number of carbonyl (C=O) groups excluding carboxylic acids is 2. The number of halogens is 1. The lowest BCUT2D eigenvalue weighted by atomic mass is 10.2. The number of rotatable bonds is 4. The van der Waals surface area contributed by atoms with E-state index in [1.165, 1.54) is 5.69 Å². The van der Waals surface area contributed by atoms with Crippen molar-refractivity contribution in [3.63, 3.8) is 0 Å². The van der Waals surface area contributed by atoms with Crippen molar-refractivity contribution in [1.82, 2.24) is 4.90 Å². The summed E-state index contributed by atoms with van der Waals surface area (Å²) in [6.45, 7) is 4.96. The Kier molecular flexibility index (Phi) is 5.27. The molecule has 0 spiro atoms. The van der Waals surface area contributed by atoms with Crippen molar-refractivity contribution in [2.75, 3.05) is 36.4 Å². The van der Waals surface area contributed by atoms with Crippen LogP contribution in [0.2, 0.25) is 5.02 Å². The smallest absolute Gasteiger partial charge is 0.228 e. The second kappa shape index (κ2) is 7.84. The summed E-state index contributed by atoms with van der Waals surface area (Å²) >= 11 is 5.96. The molecule has 4 rings (SSSR count). The Morgan fingerprint density at radius 3 is 2.39 bits per heavy atom. The second-order valence-corrected chi connectivity index (χ2v) is 7.98. The molecule has 1 saturated carbocycles. The average molecular weight is 398 g/mol. The predicted molar refractivity (Wildman–Crippen MR) is 112 cm³/mol. The topological polar surface area (TPSA) is 52.7 Å². The summed E-state index contributed by atoms with van der Waals surface area (Å²) in [4.78, 5) is 29.5. The molecule has 0 aromatic heterocycles. The first-order valence-electron chi connectivity index (χ1n) is 9.69. The van der Waals surface area contributed by atoms with E-state index in [0.717, 1.165) is 24.3 Å². The van der Waals surface area contributed by atoms with Gasteiger partial charge in [0.2, 0.25) is 11.8 Å². The molecule has 1 N–H and O–H groups in total. The van der Waals surface area contributed by atoms with E-state index in [9.17, 15) is 9.59 Å². The fourth-order valence-corrected chi connectivity index (χ4v) is 4.04. The van der Waals surface area contributed by atoms with E-state index < -0.39 is 0 Å². The zero-order valence-corrected chi connectivity index (χ0v) is 16.7. The van der Waals surface area contributed by atoms with E-state index >= 15 is 0 Å². The molecule has 2 unspecified atom stereocenters. The summed E-state index contributed by atoms with van der Waals surface area (Å²) in [5, 5.41) is 3.58. The van der Waals surface area contributed by atoms with Gasteiger partial charge >= 0.3 is 0 Å². The molecule has 1 saturated heterocycles. The van der Waals surface area contributed by atoms with Gasteiger partial charge in [0.15, 0.2) is 0 Å². The first-order valence-corrected chi connectivity index (χ1v) is 10.1. The van der Waals surface area contributed by atoms with Crippen LogP contribution in [0.25, 0.3) is 0 Å². The fraction of sp³-hybridized carbons (Fsp3) is 0.364. The molecular weight excluding hydrogens is 374 g/mol. The van der Waals surface area contributed by atoms with Crippen molar-refractivity contribution in [2.45, 2.75) is 13.3 Å². The van der Waals surface area contributed by atoms with Crippen LogP contribution in [0.5, 0.6) is 0 Å². The molecule has 0 radical (unpaired) electrons. The van der Waals surface area contributed by atoms with E-state index in [4.69, 9.17) is 11.6 Å². The lowest BCUT2D eigenvalue weighted by Gasteiger charge is -2.36. The van der Waals surface area contributed by atoms with Crippen molar-refractivity contribution < 1.29 is 9.59 Å². The fourth-order valence-electron chi connectivity index (χ4n) is 3.81. The maximum Gasteiger partial charge on any atom is 0.228 e. The van der Waals surface area contributed by atoms with Gasteiger partial charge in [0.05, 0.1) is 11.8 Å². The van der Waals surface area contributed by atoms with Crippen LogP contribution in [-0.4, -0.2) is 42.9 Å². The number of anilines is 2. The molecule has 0 bridgehead atoms. The SMILES string of the molecule is Cc1cc(Cl)ccc1NC(=O)C1CC1C(=O)N1CCN(c2ccccc2)CC1. The highest BCUT2D eigenvalue weighted by atomic mass is 35.5. The lowest BCUT2D eigenvalue weighted by molar-refractivity contribution is -0.134. The van der Waals surface area contributed by atoms with E-state index in [0.29, 0.717) is 24.5 Å². The average Bonchev–Trinajstić information content (AvgIpc) is 3.51. The van der Waals surface area contributed by atoms with Crippen molar-refractivity contribution in [1.29, 1.82) is 0 Å². The summed E-state index contributed by atoms with van der Waals surface area (Å²) < 4.78 is 0. The molecule has 2 fully saturated rings. The Labute approximate surface area is 170 Å². The third kappa shape index (κ3) is 3.99. The van der Waals surface area contributed by atoms with Gasteiger partial charge in [-0.05, 0) is 49.2 Å². The van der Waals surface area contributed by atoms with Crippen molar-refractivity contribution in [3.05, 3.63) is 59.1 Å². The van der Waals surface area contributed by atoms with Gasteiger partial charge in [-0.1, -0.05) is 29.8 Å². The largest absolute Gasteiger partial charge is 0.368 e. The van der Waals surface area contributed by atoms with Crippen LogP contribution in [0.15, 0.2) is 48.5 Å². The van der Waals surface area contributed by atoms with E-state index in [1.54, 1.807) is 12.1 Å². The van der Waals surface area contributed by atoms with Crippen molar-refractivity contribution in [2.24, 2.45) is 11.8 Å². The number of piperazine rings is 1. The molecule has 6 heteroatoms. The number of nitrogens with one attached hydrogen (secondary N) is 1. The van der Waals surface area contributed by atoms with E-state index in [2.05, 4.69) is 22.3 Å². The first-order chi connectivity index (χ1) is 13.5. The predicted octanol–water partition coefficient (Wildman–Crippen LogP) is 3.57. The maximum atomic E-state index is 12.8. The summed E-state index contributed by atoms with van der Waals surface area (Å²) in [7, 11) is 0. The van der Waals surface area contributed by atoms with Gasteiger partial charge in [-0.25, -0.2) is 0 Å². The quantitative estimate of drug-likeness (QED) is 0.858. The first kappa shape index (κ1) is 18.8. The number of aryl methyl sites for hydroxylation is 1. The van der Waals surface area contributed by atoms with Crippen LogP contribution in [0.4, 0.5) is 11.4 Å². The van der Waals surface area contributed by atoms with Crippen LogP contribution >= 0.6 is 11.6 Å². The highest BCUT2D eigenvalue weighted by Crippen LogP contribution is 2.41. The minimum Gasteiger partial charge on any atom is -0.368 e. The molecule has 28 heavy (non-hydrogen) atoms. The number of hydrogen-bond acceptors (Lipinski definition) is 3. The highest BCUT2D eigenvalue weighted by molar-refractivity contribution is 6.30. The molecule has 1 aliphatic heterocycles. The Morgan fingerprint density at radius 2 is 1.71 bits per heavy atom. The van der Waals surface area contributed by atoms with Crippen LogP contribution in [0.3, 0.4) is 0 Å². The third-order valence-electron chi connectivity index (χ3n) is 5.60. The van der Waals surface area contributed by atoms with Crippen LogP contribution in [-0.2, 0) is 9.59 Å². The molecule has 2 aliphatic rings. The maximum absolute atomic E-state index is 12.8. The van der Waals surface area contributed by atoms with Gasteiger partial charge in [-0.2, -0.15) is 0 Å². The Bertz CT molecular complexity index is 879. The summed E-state index contributed by atoms with van der Waals surface area (Å²) in [6.07, 6.45) is 0.635. The molecular formula is C22H24ClN3O2. The minimum atomic E-state index is -0.227.